The molecule has 6 heteroatoms. The first-order chi connectivity index (χ1) is 7.95. The van der Waals surface area contributed by atoms with E-state index in [9.17, 15) is 5.21 Å². The Hall–Kier alpha value is -1.04. The Morgan fingerprint density at radius 3 is 2.47 bits per heavy atom. The fourth-order valence-electron chi connectivity index (χ4n) is 1.78. The predicted molar refractivity (Wildman–Crippen MR) is 63.1 cm³/mol. The first kappa shape index (κ1) is 14.0. The molecular weight excluding hydrogens is 222 g/mol. The lowest BCUT2D eigenvalue weighted by Crippen LogP contribution is -2.45. The molecule has 1 fully saturated rings. The lowest BCUT2D eigenvalue weighted by atomic mass is 10.1. The molecule has 0 aromatic carbocycles. The number of ether oxygens (including phenoxy) is 1. The van der Waals surface area contributed by atoms with Crippen molar-refractivity contribution in [1.82, 2.24) is 5.01 Å². The fraction of sp³-hybridized carbons (Fsp3) is 1.00. The lowest BCUT2D eigenvalue weighted by molar-refractivity contribution is -0.725. The second-order valence-corrected chi connectivity index (χ2v) is 5.14. The van der Waals surface area contributed by atoms with Crippen LogP contribution in [0.5, 0.6) is 0 Å². The number of rotatable bonds is 4. The zero-order valence-corrected chi connectivity index (χ0v) is 11.2. The monoisotopic (exact) mass is 245 g/mol. The Bertz CT molecular complexity index is 257. The quantitative estimate of drug-likeness (QED) is 0.432. The summed E-state index contributed by atoms with van der Waals surface area (Å²) in [6.45, 7) is 9.75. The third-order valence-corrected chi connectivity index (χ3v) is 2.71. The summed E-state index contributed by atoms with van der Waals surface area (Å²) < 4.78 is 5.21. The first-order valence-electron chi connectivity index (χ1n) is 6.14. The summed E-state index contributed by atoms with van der Waals surface area (Å²) in [5.41, 5.74) is -0.265. The lowest BCUT2D eigenvalue weighted by Gasteiger charge is -2.29. The van der Waals surface area contributed by atoms with Crippen LogP contribution < -0.4 is 0 Å². The van der Waals surface area contributed by atoms with Crippen molar-refractivity contribution in [3.8, 4) is 0 Å². The van der Waals surface area contributed by atoms with Crippen molar-refractivity contribution in [3.63, 3.8) is 0 Å². The van der Waals surface area contributed by atoms with Crippen molar-refractivity contribution in [2.45, 2.75) is 52.2 Å². The van der Waals surface area contributed by atoms with Gasteiger partial charge in [0.05, 0.1) is 30.3 Å². The van der Waals surface area contributed by atoms with Gasteiger partial charge in [0.15, 0.2) is 0 Å². The van der Waals surface area contributed by atoms with Gasteiger partial charge in [-0.2, -0.15) is 0 Å². The summed E-state index contributed by atoms with van der Waals surface area (Å²) in [5.74, 6) is 0. The minimum absolute atomic E-state index is 0.00104. The van der Waals surface area contributed by atoms with E-state index in [1.54, 1.807) is 5.01 Å². The average molecular weight is 245 g/mol. The summed E-state index contributed by atoms with van der Waals surface area (Å²) in [5, 5.41) is 17.0. The van der Waals surface area contributed by atoms with Crippen LogP contribution in [-0.4, -0.2) is 41.4 Å². The van der Waals surface area contributed by atoms with Gasteiger partial charge in [-0.05, 0) is 27.7 Å². The van der Waals surface area contributed by atoms with Gasteiger partial charge < -0.3 is 14.8 Å². The van der Waals surface area contributed by atoms with Crippen LogP contribution in [0.4, 0.5) is 0 Å². The Kier molecular flexibility index (Phi) is 4.99. The molecule has 1 aliphatic rings. The molecule has 0 N–H and O–H groups in total. The normalized spacial score (nSPS) is 19.2. The summed E-state index contributed by atoms with van der Waals surface area (Å²) in [6.07, 6.45) is 1.58. The summed E-state index contributed by atoms with van der Waals surface area (Å²) >= 11 is 0. The molecule has 0 aromatic heterocycles. The topological polar surface area (TPSA) is 60.1 Å². The highest BCUT2D eigenvalue weighted by Crippen LogP contribution is 2.14. The Labute approximate surface area is 103 Å². The molecule has 0 aliphatic carbocycles. The Morgan fingerprint density at radius 2 is 2.00 bits per heavy atom. The van der Waals surface area contributed by atoms with E-state index in [4.69, 9.17) is 9.57 Å². The minimum atomic E-state index is -0.265. The molecule has 0 radical (unpaired) electrons. The molecule has 1 saturated heterocycles. The van der Waals surface area contributed by atoms with Crippen LogP contribution in [0.2, 0.25) is 0 Å². The molecule has 0 saturated carbocycles. The maximum Gasteiger partial charge on any atom is 0.233 e. The van der Waals surface area contributed by atoms with Gasteiger partial charge in [-0.1, -0.05) is 0 Å². The highest BCUT2D eigenvalue weighted by Gasteiger charge is 2.27. The second kappa shape index (κ2) is 6.05. The van der Waals surface area contributed by atoms with Crippen molar-refractivity contribution in [2.75, 3.05) is 19.8 Å². The maximum atomic E-state index is 11.8. The summed E-state index contributed by atoms with van der Waals surface area (Å²) in [4.78, 5) is 5.79. The molecule has 0 spiro atoms. The third kappa shape index (κ3) is 4.38. The standard InChI is InChI=1S/C11H23N3O3/c1-5-13(11(2,3)4)14(15)12-17-10-6-8-16-9-7-10/h10H,5-9H2,1-4H3/b14-12-. The van der Waals surface area contributed by atoms with Crippen molar-refractivity contribution in [2.24, 2.45) is 5.28 Å². The minimum Gasteiger partial charge on any atom is -0.569 e. The first-order valence-corrected chi connectivity index (χ1v) is 6.14. The molecule has 17 heavy (non-hydrogen) atoms. The van der Waals surface area contributed by atoms with E-state index in [0.29, 0.717) is 24.7 Å². The van der Waals surface area contributed by atoms with Gasteiger partial charge in [0.2, 0.25) is 5.28 Å². The van der Waals surface area contributed by atoms with Crippen LogP contribution in [0.3, 0.4) is 0 Å². The van der Waals surface area contributed by atoms with Crippen molar-refractivity contribution >= 4 is 0 Å². The van der Waals surface area contributed by atoms with Crippen molar-refractivity contribution in [1.29, 1.82) is 0 Å². The van der Waals surface area contributed by atoms with Crippen molar-refractivity contribution < 1.29 is 14.5 Å². The summed E-state index contributed by atoms with van der Waals surface area (Å²) in [6, 6.07) is 0. The van der Waals surface area contributed by atoms with E-state index in [2.05, 4.69) is 5.28 Å². The second-order valence-electron chi connectivity index (χ2n) is 5.14. The maximum absolute atomic E-state index is 11.8. The van der Waals surface area contributed by atoms with Gasteiger partial charge in [0.25, 0.3) is 0 Å². The average Bonchev–Trinajstić information content (AvgIpc) is 2.27. The van der Waals surface area contributed by atoms with Gasteiger partial charge in [-0.15, -0.1) is 5.01 Å². The van der Waals surface area contributed by atoms with E-state index in [1.165, 1.54) is 0 Å². The van der Waals surface area contributed by atoms with Gasteiger partial charge in [0.1, 0.15) is 6.10 Å². The van der Waals surface area contributed by atoms with E-state index in [1.807, 2.05) is 27.7 Å². The van der Waals surface area contributed by atoms with Crippen LogP contribution in [0.25, 0.3) is 0 Å². The smallest absolute Gasteiger partial charge is 0.233 e. The third-order valence-electron chi connectivity index (χ3n) is 2.71. The predicted octanol–water partition coefficient (Wildman–Crippen LogP) is 2.09. The summed E-state index contributed by atoms with van der Waals surface area (Å²) in [7, 11) is 0. The molecular formula is C11H23N3O3. The Morgan fingerprint density at radius 1 is 1.41 bits per heavy atom. The molecule has 0 aromatic rings. The fourth-order valence-corrected chi connectivity index (χ4v) is 1.78. The number of hydrogen-bond acceptors (Lipinski definition) is 4. The number of nitrogens with zero attached hydrogens (tertiary/aromatic N) is 3. The van der Waals surface area contributed by atoms with E-state index in [-0.39, 0.29) is 11.6 Å². The molecule has 100 valence electrons. The van der Waals surface area contributed by atoms with E-state index in [0.717, 1.165) is 12.8 Å². The molecule has 0 atom stereocenters. The zero-order valence-electron chi connectivity index (χ0n) is 11.2. The Balaban J connectivity index is 2.51. The zero-order chi connectivity index (χ0) is 12.9. The van der Waals surface area contributed by atoms with Gasteiger partial charge in [-0.3, -0.25) is 0 Å². The van der Waals surface area contributed by atoms with Crippen LogP contribution >= 0.6 is 0 Å². The molecule has 0 amide bonds. The van der Waals surface area contributed by atoms with E-state index >= 15 is 0 Å². The van der Waals surface area contributed by atoms with Crippen LogP contribution in [-0.2, 0) is 9.57 Å². The van der Waals surface area contributed by atoms with Gasteiger partial charge in [-0.25, -0.2) is 0 Å². The molecule has 0 unspecified atom stereocenters. The molecule has 1 rings (SSSR count). The van der Waals surface area contributed by atoms with Crippen LogP contribution in [0.1, 0.15) is 40.5 Å². The number of hydrazine groups is 1. The van der Waals surface area contributed by atoms with Crippen molar-refractivity contribution in [3.05, 3.63) is 5.21 Å². The van der Waals surface area contributed by atoms with E-state index < -0.39 is 0 Å². The highest BCUT2D eigenvalue weighted by atomic mass is 16.7. The van der Waals surface area contributed by atoms with Gasteiger partial charge >= 0.3 is 0 Å². The largest absolute Gasteiger partial charge is 0.569 e. The molecule has 1 heterocycles. The molecule has 6 nitrogen and oxygen atoms in total. The van der Waals surface area contributed by atoms with Gasteiger partial charge in [0, 0.05) is 12.8 Å². The molecule has 0 bridgehead atoms. The SMILES string of the molecule is CCN(/[N+]([O-])=N/OC1CCOCC1)C(C)(C)C. The van der Waals surface area contributed by atoms with Crippen LogP contribution in [0.15, 0.2) is 5.28 Å². The highest BCUT2D eigenvalue weighted by molar-refractivity contribution is 4.67. The van der Waals surface area contributed by atoms with Crippen LogP contribution in [0, 0.1) is 5.21 Å². The molecule has 1 aliphatic heterocycles. The number of hydrogen-bond donors (Lipinski definition) is 0.